The normalized spacial score (nSPS) is 27.3. The topological polar surface area (TPSA) is 72.2 Å². The third-order valence-electron chi connectivity index (χ3n) is 5.25. The lowest BCUT2D eigenvalue weighted by atomic mass is 9.97. The van der Waals surface area contributed by atoms with Crippen LogP contribution in [-0.4, -0.2) is 63.3 Å². The molecule has 3 saturated heterocycles. The number of furan rings is 1. The SMILES string of the molecule is O=S(=O)(c1ccc(CN2CCCC(C3OCCO3)C2)o1)N1CCCC1. The van der Waals surface area contributed by atoms with Gasteiger partial charge in [-0.3, -0.25) is 4.90 Å². The third-order valence-corrected chi connectivity index (χ3v) is 7.02. The number of likely N-dealkylation sites (tertiary alicyclic amines) is 1. The van der Waals surface area contributed by atoms with Crippen molar-refractivity contribution < 1.29 is 22.3 Å². The summed E-state index contributed by atoms with van der Waals surface area (Å²) in [6.45, 7) is 5.03. The van der Waals surface area contributed by atoms with Crippen LogP contribution in [0.2, 0.25) is 0 Å². The van der Waals surface area contributed by atoms with Gasteiger partial charge in [0.1, 0.15) is 5.76 Å². The van der Waals surface area contributed by atoms with E-state index in [9.17, 15) is 8.42 Å². The number of sulfonamides is 1. The van der Waals surface area contributed by atoms with E-state index < -0.39 is 10.0 Å². The van der Waals surface area contributed by atoms with Gasteiger partial charge in [0.15, 0.2) is 6.29 Å². The predicted molar refractivity (Wildman–Crippen MR) is 90.4 cm³/mol. The summed E-state index contributed by atoms with van der Waals surface area (Å²) in [5, 5.41) is 0.0698. The average Bonchev–Trinajstić information content (AvgIpc) is 3.36. The maximum atomic E-state index is 12.6. The van der Waals surface area contributed by atoms with Crippen molar-refractivity contribution in [3.05, 3.63) is 17.9 Å². The van der Waals surface area contributed by atoms with Crippen LogP contribution in [0, 0.1) is 5.92 Å². The molecular weight excluding hydrogens is 344 g/mol. The number of ether oxygens (including phenoxy) is 2. The van der Waals surface area contributed by atoms with Gasteiger partial charge in [0.05, 0.1) is 19.8 Å². The van der Waals surface area contributed by atoms with E-state index in [0.717, 1.165) is 38.8 Å². The van der Waals surface area contributed by atoms with Crippen molar-refractivity contribution in [1.29, 1.82) is 0 Å². The van der Waals surface area contributed by atoms with Crippen LogP contribution in [0.5, 0.6) is 0 Å². The number of piperidine rings is 1. The van der Waals surface area contributed by atoms with Crippen LogP contribution in [0.25, 0.3) is 0 Å². The zero-order valence-electron chi connectivity index (χ0n) is 14.4. The molecule has 3 aliphatic heterocycles. The molecule has 1 aromatic rings. The maximum absolute atomic E-state index is 12.6. The lowest BCUT2D eigenvalue weighted by Crippen LogP contribution is -2.40. The molecule has 4 heterocycles. The molecular formula is C17H26N2O5S. The van der Waals surface area contributed by atoms with Gasteiger partial charge < -0.3 is 13.9 Å². The summed E-state index contributed by atoms with van der Waals surface area (Å²) in [7, 11) is -3.47. The number of nitrogens with zero attached hydrogens (tertiary/aromatic N) is 2. The van der Waals surface area contributed by atoms with Crippen LogP contribution < -0.4 is 0 Å². The molecule has 4 rings (SSSR count). The fourth-order valence-electron chi connectivity index (χ4n) is 3.96. The first kappa shape index (κ1) is 17.5. The van der Waals surface area contributed by atoms with E-state index in [-0.39, 0.29) is 11.4 Å². The second-order valence-corrected chi connectivity index (χ2v) is 8.95. The van der Waals surface area contributed by atoms with Crippen molar-refractivity contribution in [1.82, 2.24) is 9.21 Å². The molecule has 0 aliphatic carbocycles. The van der Waals surface area contributed by atoms with Crippen LogP contribution in [0.3, 0.4) is 0 Å². The Morgan fingerprint density at radius 2 is 1.80 bits per heavy atom. The van der Waals surface area contributed by atoms with Crippen LogP contribution >= 0.6 is 0 Å². The van der Waals surface area contributed by atoms with E-state index in [1.54, 1.807) is 12.1 Å². The Morgan fingerprint density at radius 1 is 1.04 bits per heavy atom. The minimum Gasteiger partial charge on any atom is -0.447 e. The molecule has 1 atom stereocenters. The van der Waals surface area contributed by atoms with Crippen molar-refractivity contribution in [2.75, 3.05) is 39.4 Å². The molecule has 0 saturated carbocycles. The standard InChI is InChI=1S/C17H26N2O5S/c20-25(21,19-8-1-2-9-19)16-6-5-15(24-16)13-18-7-3-4-14(12-18)17-22-10-11-23-17/h5-6,14,17H,1-4,7-13H2. The van der Waals surface area contributed by atoms with Gasteiger partial charge in [-0.2, -0.15) is 4.31 Å². The molecule has 3 fully saturated rings. The molecule has 0 N–H and O–H groups in total. The summed E-state index contributed by atoms with van der Waals surface area (Å²) < 4.78 is 43.6. The summed E-state index contributed by atoms with van der Waals surface area (Å²) in [6, 6.07) is 3.38. The summed E-state index contributed by atoms with van der Waals surface area (Å²) >= 11 is 0. The van der Waals surface area contributed by atoms with Crippen LogP contribution in [-0.2, 0) is 26.0 Å². The highest BCUT2D eigenvalue weighted by Crippen LogP contribution is 2.27. The number of hydrogen-bond acceptors (Lipinski definition) is 6. The molecule has 3 aliphatic rings. The number of rotatable bonds is 5. The van der Waals surface area contributed by atoms with E-state index in [1.807, 2.05) is 0 Å². The van der Waals surface area contributed by atoms with E-state index in [2.05, 4.69) is 4.90 Å². The van der Waals surface area contributed by atoms with Crippen molar-refractivity contribution in [3.63, 3.8) is 0 Å². The van der Waals surface area contributed by atoms with E-state index in [0.29, 0.717) is 44.5 Å². The summed E-state index contributed by atoms with van der Waals surface area (Å²) in [4.78, 5) is 2.30. The predicted octanol–water partition coefficient (Wildman–Crippen LogP) is 1.65. The first-order valence-corrected chi connectivity index (χ1v) is 10.6. The van der Waals surface area contributed by atoms with E-state index in [4.69, 9.17) is 13.9 Å². The highest BCUT2D eigenvalue weighted by molar-refractivity contribution is 7.89. The van der Waals surface area contributed by atoms with Crippen molar-refractivity contribution in [2.45, 2.75) is 43.6 Å². The van der Waals surface area contributed by atoms with Gasteiger partial charge in [-0.1, -0.05) is 0 Å². The van der Waals surface area contributed by atoms with Crippen LogP contribution in [0.15, 0.2) is 21.6 Å². The minimum atomic E-state index is -3.47. The highest BCUT2D eigenvalue weighted by atomic mass is 32.2. The lowest BCUT2D eigenvalue weighted by Gasteiger charge is -2.34. The van der Waals surface area contributed by atoms with Crippen LogP contribution in [0.4, 0.5) is 0 Å². The molecule has 0 radical (unpaired) electrons. The van der Waals surface area contributed by atoms with Gasteiger partial charge in [0, 0.05) is 25.6 Å². The molecule has 1 unspecified atom stereocenters. The average molecular weight is 370 g/mol. The monoisotopic (exact) mass is 370 g/mol. The first-order chi connectivity index (χ1) is 12.1. The Morgan fingerprint density at radius 3 is 2.56 bits per heavy atom. The van der Waals surface area contributed by atoms with Gasteiger partial charge in [0.2, 0.25) is 5.09 Å². The Bertz CT molecular complexity index is 677. The fourth-order valence-corrected chi connectivity index (χ4v) is 5.41. The summed E-state index contributed by atoms with van der Waals surface area (Å²) in [5.74, 6) is 1.07. The second-order valence-electron chi connectivity index (χ2n) is 7.08. The third kappa shape index (κ3) is 3.78. The second kappa shape index (κ2) is 7.36. The van der Waals surface area contributed by atoms with Gasteiger partial charge in [-0.15, -0.1) is 0 Å². The zero-order valence-corrected chi connectivity index (χ0v) is 15.2. The summed E-state index contributed by atoms with van der Waals surface area (Å²) in [5.41, 5.74) is 0. The van der Waals surface area contributed by atoms with E-state index in [1.165, 1.54) is 4.31 Å². The quantitative estimate of drug-likeness (QED) is 0.785. The molecule has 7 nitrogen and oxygen atoms in total. The minimum absolute atomic E-state index is 0.0698. The smallest absolute Gasteiger partial charge is 0.276 e. The Labute approximate surface area is 148 Å². The Balaban J connectivity index is 1.39. The van der Waals surface area contributed by atoms with Crippen molar-refractivity contribution in [2.24, 2.45) is 5.92 Å². The van der Waals surface area contributed by atoms with Crippen molar-refractivity contribution in [3.8, 4) is 0 Å². The lowest BCUT2D eigenvalue weighted by molar-refractivity contribution is -0.101. The molecule has 1 aromatic heterocycles. The molecule has 0 aromatic carbocycles. The maximum Gasteiger partial charge on any atom is 0.276 e. The molecule has 0 bridgehead atoms. The van der Waals surface area contributed by atoms with Gasteiger partial charge in [-0.25, -0.2) is 8.42 Å². The number of hydrogen-bond donors (Lipinski definition) is 0. The molecule has 0 spiro atoms. The first-order valence-electron chi connectivity index (χ1n) is 9.17. The largest absolute Gasteiger partial charge is 0.447 e. The van der Waals surface area contributed by atoms with Crippen LogP contribution in [0.1, 0.15) is 31.4 Å². The van der Waals surface area contributed by atoms with Gasteiger partial charge >= 0.3 is 0 Å². The Kier molecular flexibility index (Phi) is 5.15. The van der Waals surface area contributed by atoms with E-state index >= 15 is 0 Å². The molecule has 8 heteroatoms. The van der Waals surface area contributed by atoms with Gasteiger partial charge in [0.25, 0.3) is 10.0 Å². The molecule has 140 valence electrons. The molecule has 25 heavy (non-hydrogen) atoms. The highest BCUT2D eigenvalue weighted by Gasteiger charge is 2.32. The Hall–Kier alpha value is -0.930. The zero-order chi connectivity index (χ0) is 17.3. The van der Waals surface area contributed by atoms with Gasteiger partial charge in [-0.05, 0) is 44.4 Å². The molecule has 0 amide bonds. The fraction of sp³-hybridized carbons (Fsp3) is 0.765. The summed E-state index contributed by atoms with van der Waals surface area (Å²) in [6.07, 6.45) is 3.95. The van der Waals surface area contributed by atoms with Crippen molar-refractivity contribution >= 4 is 10.0 Å².